The van der Waals surface area contributed by atoms with E-state index in [-0.39, 0.29) is 0 Å². The monoisotopic (exact) mass is 223 g/mol. The van der Waals surface area contributed by atoms with Crippen molar-refractivity contribution in [3.63, 3.8) is 0 Å². The van der Waals surface area contributed by atoms with Crippen LogP contribution in [0.4, 0.5) is 0 Å². The van der Waals surface area contributed by atoms with E-state index in [0.717, 1.165) is 23.8 Å². The van der Waals surface area contributed by atoms with E-state index in [1.54, 1.807) is 0 Å². The summed E-state index contributed by atoms with van der Waals surface area (Å²) < 4.78 is 0. The van der Waals surface area contributed by atoms with Gasteiger partial charge in [0.15, 0.2) is 0 Å². The first kappa shape index (κ1) is 12.4. The van der Waals surface area contributed by atoms with Crippen molar-refractivity contribution in [1.82, 2.24) is 5.32 Å². The van der Waals surface area contributed by atoms with Crippen LogP contribution in [0, 0.1) is 17.8 Å². The summed E-state index contributed by atoms with van der Waals surface area (Å²) in [7, 11) is 0. The van der Waals surface area contributed by atoms with Gasteiger partial charge in [0.2, 0.25) is 0 Å². The lowest BCUT2D eigenvalue weighted by atomic mass is 9.80. The van der Waals surface area contributed by atoms with Crippen molar-refractivity contribution in [1.29, 1.82) is 0 Å². The van der Waals surface area contributed by atoms with Crippen LogP contribution in [0.15, 0.2) is 0 Å². The average Bonchev–Trinajstić information content (AvgIpc) is 3.09. The third kappa shape index (κ3) is 4.08. The molecule has 0 bridgehead atoms. The minimum absolute atomic E-state index is 0.842. The molecule has 0 saturated heterocycles. The summed E-state index contributed by atoms with van der Waals surface area (Å²) in [6, 6.07) is 0.842. The summed E-state index contributed by atoms with van der Waals surface area (Å²) in [6.45, 7) is 6.04. The van der Waals surface area contributed by atoms with Gasteiger partial charge in [-0.1, -0.05) is 26.7 Å². The molecule has 0 atom stereocenters. The molecule has 16 heavy (non-hydrogen) atoms. The standard InChI is InChI=1S/C15H29N/c1-12(2)14-7-9-15(10-8-14)16-11-3-4-13-5-6-13/h12-16H,3-11H2,1-2H3. The molecule has 0 radical (unpaired) electrons. The van der Waals surface area contributed by atoms with Crippen LogP contribution in [0.3, 0.4) is 0 Å². The Kier molecular flexibility index (Phi) is 4.69. The smallest absolute Gasteiger partial charge is 0.00672 e. The molecule has 2 fully saturated rings. The summed E-state index contributed by atoms with van der Waals surface area (Å²) in [5.74, 6) is 3.01. The number of rotatable bonds is 6. The van der Waals surface area contributed by atoms with E-state index in [2.05, 4.69) is 19.2 Å². The number of hydrogen-bond donors (Lipinski definition) is 1. The van der Waals surface area contributed by atoms with Crippen LogP contribution < -0.4 is 5.32 Å². The zero-order chi connectivity index (χ0) is 11.4. The van der Waals surface area contributed by atoms with Crippen molar-refractivity contribution in [3.05, 3.63) is 0 Å². The molecule has 2 aliphatic carbocycles. The van der Waals surface area contributed by atoms with Crippen molar-refractivity contribution in [2.45, 2.75) is 71.3 Å². The summed E-state index contributed by atoms with van der Waals surface area (Å²) in [5.41, 5.74) is 0. The largest absolute Gasteiger partial charge is 0.314 e. The zero-order valence-corrected chi connectivity index (χ0v) is 11.2. The first-order valence-corrected chi connectivity index (χ1v) is 7.49. The molecule has 1 heteroatoms. The molecule has 1 N–H and O–H groups in total. The Hall–Kier alpha value is -0.0400. The molecule has 0 aromatic rings. The van der Waals surface area contributed by atoms with Gasteiger partial charge >= 0.3 is 0 Å². The summed E-state index contributed by atoms with van der Waals surface area (Å²) in [5, 5.41) is 3.76. The molecule has 2 rings (SSSR count). The fourth-order valence-corrected chi connectivity index (χ4v) is 3.09. The maximum atomic E-state index is 3.76. The highest BCUT2D eigenvalue weighted by atomic mass is 14.9. The molecule has 0 aliphatic heterocycles. The van der Waals surface area contributed by atoms with Gasteiger partial charge in [-0.05, 0) is 62.8 Å². The topological polar surface area (TPSA) is 12.0 Å². The lowest BCUT2D eigenvalue weighted by Crippen LogP contribution is -2.34. The second-order valence-electron chi connectivity index (χ2n) is 6.40. The van der Waals surface area contributed by atoms with Crippen molar-refractivity contribution in [2.24, 2.45) is 17.8 Å². The molecule has 0 spiro atoms. The molecule has 0 unspecified atom stereocenters. The predicted molar refractivity (Wildman–Crippen MR) is 70.5 cm³/mol. The van der Waals surface area contributed by atoms with Gasteiger partial charge in [-0.2, -0.15) is 0 Å². The highest BCUT2D eigenvalue weighted by molar-refractivity contribution is 4.79. The van der Waals surface area contributed by atoms with E-state index in [0.29, 0.717) is 0 Å². The van der Waals surface area contributed by atoms with Crippen LogP contribution in [0.5, 0.6) is 0 Å². The van der Waals surface area contributed by atoms with E-state index in [9.17, 15) is 0 Å². The van der Waals surface area contributed by atoms with Gasteiger partial charge < -0.3 is 5.32 Å². The van der Waals surface area contributed by atoms with Gasteiger partial charge in [0.05, 0.1) is 0 Å². The van der Waals surface area contributed by atoms with Gasteiger partial charge in [0.25, 0.3) is 0 Å². The third-order valence-corrected chi connectivity index (χ3v) is 4.63. The Bertz CT molecular complexity index is 188. The second kappa shape index (κ2) is 6.05. The second-order valence-corrected chi connectivity index (χ2v) is 6.40. The van der Waals surface area contributed by atoms with Crippen molar-refractivity contribution >= 4 is 0 Å². The first-order valence-electron chi connectivity index (χ1n) is 7.49. The van der Waals surface area contributed by atoms with Crippen molar-refractivity contribution in [3.8, 4) is 0 Å². The Labute approximate surface area is 101 Å². The highest BCUT2D eigenvalue weighted by Crippen LogP contribution is 2.33. The molecular formula is C15H29N. The number of hydrogen-bond acceptors (Lipinski definition) is 1. The van der Waals surface area contributed by atoms with Gasteiger partial charge in [-0.15, -0.1) is 0 Å². The lowest BCUT2D eigenvalue weighted by molar-refractivity contribution is 0.238. The normalized spacial score (nSPS) is 30.9. The Morgan fingerprint density at radius 3 is 2.25 bits per heavy atom. The van der Waals surface area contributed by atoms with E-state index in [1.807, 2.05) is 0 Å². The Balaban J connectivity index is 1.50. The quantitative estimate of drug-likeness (QED) is 0.672. The molecule has 2 aliphatic rings. The summed E-state index contributed by atoms with van der Waals surface area (Å²) in [6.07, 6.45) is 11.7. The van der Waals surface area contributed by atoms with Crippen LogP contribution in [-0.4, -0.2) is 12.6 Å². The van der Waals surface area contributed by atoms with E-state index in [4.69, 9.17) is 0 Å². The lowest BCUT2D eigenvalue weighted by Gasteiger charge is -2.31. The molecule has 0 aromatic carbocycles. The van der Waals surface area contributed by atoms with Gasteiger partial charge in [-0.3, -0.25) is 0 Å². The maximum absolute atomic E-state index is 3.76. The molecule has 2 saturated carbocycles. The van der Waals surface area contributed by atoms with Crippen molar-refractivity contribution in [2.75, 3.05) is 6.54 Å². The van der Waals surface area contributed by atoms with Gasteiger partial charge in [0, 0.05) is 6.04 Å². The first-order chi connectivity index (χ1) is 7.75. The average molecular weight is 223 g/mol. The number of nitrogens with one attached hydrogen (secondary N) is 1. The van der Waals surface area contributed by atoms with Crippen LogP contribution in [0.1, 0.15) is 65.2 Å². The minimum Gasteiger partial charge on any atom is -0.314 e. The predicted octanol–water partition coefficient (Wildman–Crippen LogP) is 3.98. The fourth-order valence-electron chi connectivity index (χ4n) is 3.09. The SMILES string of the molecule is CC(C)C1CCC(NCCCC2CC2)CC1. The highest BCUT2D eigenvalue weighted by Gasteiger charge is 2.23. The van der Waals surface area contributed by atoms with E-state index < -0.39 is 0 Å². The molecule has 0 amide bonds. The summed E-state index contributed by atoms with van der Waals surface area (Å²) in [4.78, 5) is 0. The van der Waals surface area contributed by atoms with E-state index >= 15 is 0 Å². The van der Waals surface area contributed by atoms with Crippen LogP contribution in [0.2, 0.25) is 0 Å². The maximum Gasteiger partial charge on any atom is 0.00672 e. The van der Waals surface area contributed by atoms with Crippen LogP contribution in [-0.2, 0) is 0 Å². The van der Waals surface area contributed by atoms with Gasteiger partial charge in [0.1, 0.15) is 0 Å². The zero-order valence-electron chi connectivity index (χ0n) is 11.2. The molecule has 1 nitrogen and oxygen atoms in total. The molecule has 94 valence electrons. The molecular weight excluding hydrogens is 194 g/mol. The fraction of sp³-hybridized carbons (Fsp3) is 1.00. The minimum atomic E-state index is 0.842. The van der Waals surface area contributed by atoms with Crippen molar-refractivity contribution < 1.29 is 0 Å². The summed E-state index contributed by atoms with van der Waals surface area (Å²) >= 11 is 0. The third-order valence-electron chi connectivity index (χ3n) is 4.63. The Morgan fingerprint density at radius 2 is 1.69 bits per heavy atom. The molecule has 0 heterocycles. The van der Waals surface area contributed by atoms with Crippen LogP contribution in [0.25, 0.3) is 0 Å². The Morgan fingerprint density at radius 1 is 1.00 bits per heavy atom. The molecule has 0 aromatic heterocycles. The van der Waals surface area contributed by atoms with Crippen LogP contribution >= 0.6 is 0 Å². The van der Waals surface area contributed by atoms with Gasteiger partial charge in [-0.25, -0.2) is 0 Å². The van der Waals surface area contributed by atoms with E-state index in [1.165, 1.54) is 57.9 Å².